The average Bonchev–Trinajstić information content (AvgIpc) is 2.53. The maximum Gasteiger partial charge on any atom is 0.253 e. The lowest BCUT2D eigenvalue weighted by Crippen LogP contribution is -2.47. The van der Waals surface area contributed by atoms with Gasteiger partial charge in [-0.25, -0.2) is 12.7 Å². The number of piperidine rings is 1. The molecule has 1 amide bonds. The first-order valence-corrected chi connectivity index (χ1v) is 8.90. The van der Waals surface area contributed by atoms with Crippen LogP contribution in [0.3, 0.4) is 0 Å². The highest BCUT2D eigenvalue weighted by atomic mass is 32.2. The summed E-state index contributed by atoms with van der Waals surface area (Å²) in [6.07, 6.45) is 2.43. The molecule has 0 spiro atoms. The lowest BCUT2D eigenvalue weighted by Gasteiger charge is -2.35. The van der Waals surface area contributed by atoms with E-state index in [-0.39, 0.29) is 11.9 Å². The van der Waals surface area contributed by atoms with Crippen molar-refractivity contribution < 1.29 is 13.2 Å². The van der Waals surface area contributed by atoms with E-state index in [0.717, 1.165) is 0 Å². The highest BCUT2D eigenvalue weighted by Gasteiger charge is 2.29. The standard InChI is InChI=1S/C15H19N3O3S/c1-17(22(2,20)21)14-6-8-18(9-7-14)15(19)13-5-3-4-12(10-13)11-16/h3-5,10,14H,6-9H2,1-2H3. The summed E-state index contributed by atoms with van der Waals surface area (Å²) in [5.41, 5.74) is 0.950. The predicted molar refractivity (Wildman–Crippen MR) is 82.7 cm³/mol. The summed E-state index contributed by atoms with van der Waals surface area (Å²) in [4.78, 5) is 14.1. The van der Waals surface area contributed by atoms with Crippen LogP contribution in [-0.2, 0) is 10.0 Å². The molecule has 0 aromatic heterocycles. The first kappa shape index (κ1) is 16.5. The molecule has 22 heavy (non-hydrogen) atoms. The number of hydrogen-bond acceptors (Lipinski definition) is 4. The molecule has 1 saturated heterocycles. The van der Waals surface area contributed by atoms with E-state index in [1.165, 1.54) is 10.6 Å². The molecule has 1 aromatic rings. The van der Waals surface area contributed by atoms with Gasteiger partial charge in [-0.1, -0.05) is 6.07 Å². The summed E-state index contributed by atoms with van der Waals surface area (Å²) < 4.78 is 24.5. The number of likely N-dealkylation sites (tertiary alicyclic amines) is 1. The zero-order chi connectivity index (χ0) is 16.3. The van der Waals surface area contributed by atoms with E-state index in [4.69, 9.17) is 5.26 Å². The monoisotopic (exact) mass is 321 g/mol. The molecule has 0 radical (unpaired) electrons. The van der Waals surface area contributed by atoms with Crippen molar-refractivity contribution in [3.05, 3.63) is 35.4 Å². The fourth-order valence-electron chi connectivity index (χ4n) is 2.61. The third-order valence-corrected chi connectivity index (χ3v) is 5.37. The molecule has 118 valence electrons. The van der Waals surface area contributed by atoms with Crippen molar-refractivity contribution in [2.24, 2.45) is 0 Å². The molecule has 0 saturated carbocycles. The number of nitrogens with zero attached hydrogens (tertiary/aromatic N) is 3. The molecule has 0 aliphatic carbocycles. The summed E-state index contributed by atoms with van der Waals surface area (Å²) in [6.45, 7) is 1.03. The van der Waals surface area contributed by atoms with Gasteiger partial charge in [-0.3, -0.25) is 4.79 Å². The number of carbonyl (C=O) groups is 1. The Labute approximate surface area is 131 Å². The Morgan fingerprint density at radius 2 is 2.00 bits per heavy atom. The summed E-state index contributed by atoms with van der Waals surface area (Å²) in [7, 11) is -1.63. The Morgan fingerprint density at radius 1 is 1.36 bits per heavy atom. The minimum atomic E-state index is -3.21. The topological polar surface area (TPSA) is 81.5 Å². The Balaban J connectivity index is 2.02. The normalized spacial score (nSPS) is 16.5. The SMILES string of the molecule is CN(C1CCN(C(=O)c2cccc(C#N)c2)CC1)S(C)(=O)=O. The Kier molecular flexibility index (Phi) is 4.84. The Morgan fingerprint density at radius 3 is 2.55 bits per heavy atom. The van der Waals surface area contributed by atoms with Crippen molar-refractivity contribution in [2.45, 2.75) is 18.9 Å². The molecule has 1 aromatic carbocycles. The number of sulfonamides is 1. The van der Waals surface area contributed by atoms with Crippen LogP contribution in [0.5, 0.6) is 0 Å². The van der Waals surface area contributed by atoms with Crippen LogP contribution in [0.4, 0.5) is 0 Å². The minimum absolute atomic E-state index is 0.0653. The Hall–Kier alpha value is -1.91. The quantitative estimate of drug-likeness (QED) is 0.833. The van der Waals surface area contributed by atoms with Crippen molar-refractivity contribution in [1.29, 1.82) is 5.26 Å². The van der Waals surface area contributed by atoms with Gasteiger partial charge in [0.15, 0.2) is 0 Å². The number of carbonyl (C=O) groups excluding carboxylic acids is 1. The van der Waals surface area contributed by atoms with Gasteiger partial charge < -0.3 is 4.90 Å². The van der Waals surface area contributed by atoms with Gasteiger partial charge in [-0.15, -0.1) is 0 Å². The molecular formula is C15H19N3O3S. The molecule has 6 nitrogen and oxygen atoms in total. The largest absolute Gasteiger partial charge is 0.339 e. The number of rotatable bonds is 3. The fraction of sp³-hybridized carbons (Fsp3) is 0.467. The third kappa shape index (κ3) is 3.64. The third-order valence-electron chi connectivity index (χ3n) is 4.03. The lowest BCUT2D eigenvalue weighted by atomic mass is 10.0. The maximum absolute atomic E-state index is 12.4. The van der Waals surface area contributed by atoms with E-state index in [9.17, 15) is 13.2 Å². The van der Waals surface area contributed by atoms with Gasteiger partial charge in [0, 0.05) is 31.7 Å². The van der Waals surface area contributed by atoms with Crippen LogP contribution in [0.25, 0.3) is 0 Å². The van der Waals surface area contributed by atoms with Crippen LogP contribution in [0.1, 0.15) is 28.8 Å². The number of amides is 1. The maximum atomic E-state index is 12.4. The van der Waals surface area contributed by atoms with Crippen molar-refractivity contribution in [3.63, 3.8) is 0 Å². The zero-order valence-electron chi connectivity index (χ0n) is 12.7. The van der Waals surface area contributed by atoms with Crippen LogP contribution < -0.4 is 0 Å². The zero-order valence-corrected chi connectivity index (χ0v) is 13.5. The van der Waals surface area contributed by atoms with E-state index in [2.05, 4.69) is 0 Å². The predicted octanol–water partition coefficient (Wildman–Crippen LogP) is 1.05. The number of nitriles is 1. The summed E-state index contributed by atoms with van der Waals surface area (Å²) in [5, 5.41) is 8.89. The second-order valence-corrected chi connectivity index (χ2v) is 7.54. The molecule has 2 rings (SSSR count). The summed E-state index contributed by atoms with van der Waals surface area (Å²) in [6, 6.07) is 8.57. The van der Waals surface area contributed by atoms with Crippen molar-refractivity contribution >= 4 is 15.9 Å². The fourth-order valence-corrected chi connectivity index (χ4v) is 3.36. The van der Waals surface area contributed by atoms with Crippen LogP contribution in [0, 0.1) is 11.3 Å². The second kappa shape index (κ2) is 6.46. The van der Waals surface area contributed by atoms with Crippen LogP contribution in [-0.4, -0.2) is 56.0 Å². The highest BCUT2D eigenvalue weighted by Crippen LogP contribution is 2.19. The summed E-state index contributed by atoms with van der Waals surface area (Å²) >= 11 is 0. The van der Waals surface area contributed by atoms with Crippen molar-refractivity contribution in [1.82, 2.24) is 9.21 Å². The average molecular weight is 321 g/mol. The van der Waals surface area contributed by atoms with Gasteiger partial charge in [-0.05, 0) is 31.0 Å². The smallest absolute Gasteiger partial charge is 0.253 e. The van der Waals surface area contributed by atoms with Gasteiger partial charge in [0.25, 0.3) is 5.91 Å². The molecule has 1 heterocycles. The van der Waals surface area contributed by atoms with Crippen LogP contribution >= 0.6 is 0 Å². The molecule has 0 bridgehead atoms. The van der Waals surface area contributed by atoms with Gasteiger partial charge in [0.2, 0.25) is 10.0 Å². The van der Waals surface area contributed by atoms with E-state index >= 15 is 0 Å². The van der Waals surface area contributed by atoms with E-state index < -0.39 is 10.0 Å². The first-order chi connectivity index (χ1) is 10.3. The Bertz CT molecular complexity index is 701. The first-order valence-electron chi connectivity index (χ1n) is 7.05. The molecule has 0 atom stereocenters. The molecule has 0 unspecified atom stereocenters. The molecule has 1 aliphatic rings. The van der Waals surface area contributed by atoms with Gasteiger partial charge in [-0.2, -0.15) is 5.26 Å². The minimum Gasteiger partial charge on any atom is -0.339 e. The molecule has 7 heteroatoms. The lowest BCUT2D eigenvalue weighted by molar-refractivity contribution is 0.0686. The molecule has 1 aliphatic heterocycles. The summed E-state index contributed by atoms with van der Waals surface area (Å²) in [5.74, 6) is -0.113. The number of benzene rings is 1. The van der Waals surface area contributed by atoms with Gasteiger partial charge in [0.1, 0.15) is 0 Å². The molecule has 1 fully saturated rings. The van der Waals surface area contributed by atoms with E-state index in [1.807, 2.05) is 6.07 Å². The highest BCUT2D eigenvalue weighted by molar-refractivity contribution is 7.88. The van der Waals surface area contributed by atoms with Crippen molar-refractivity contribution in [3.8, 4) is 6.07 Å². The van der Waals surface area contributed by atoms with Gasteiger partial charge in [0.05, 0.1) is 17.9 Å². The molecule has 0 N–H and O–H groups in total. The van der Waals surface area contributed by atoms with Gasteiger partial charge >= 0.3 is 0 Å². The molecular weight excluding hydrogens is 302 g/mol. The second-order valence-electron chi connectivity index (χ2n) is 5.50. The van der Waals surface area contributed by atoms with Crippen molar-refractivity contribution in [2.75, 3.05) is 26.4 Å². The number of hydrogen-bond donors (Lipinski definition) is 0. The van der Waals surface area contributed by atoms with E-state index in [0.29, 0.717) is 37.1 Å². The van der Waals surface area contributed by atoms with Crippen LogP contribution in [0.15, 0.2) is 24.3 Å². The van der Waals surface area contributed by atoms with Crippen LogP contribution in [0.2, 0.25) is 0 Å². The van der Waals surface area contributed by atoms with E-state index in [1.54, 1.807) is 36.2 Å².